The van der Waals surface area contributed by atoms with E-state index in [4.69, 9.17) is 4.74 Å². The molecule has 3 aliphatic heterocycles. The molecule has 31 heavy (non-hydrogen) atoms. The van der Waals surface area contributed by atoms with Crippen molar-refractivity contribution in [3.8, 4) is 0 Å². The van der Waals surface area contributed by atoms with Crippen molar-refractivity contribution in [2.75, 3.05) is 25.0 Å². The van der Waals surface area contributed by atoms with Crippen molar-refractivity contribution >= 4 is 17.5 Å². The van der Waals surface area contributed by atoms with Gasteiger partial charge in [0.2, 0.25) is 11.8 Å². The minimum Gasteiger partial charge on any atom is -0.360 e. The molecule has 2 fully saturated rings. The van der Waals surface area contributed by atoms with E-state index in [1.165, 1.54) is 5.56 Å². The first-order chi connectivity index (χ1) is 14.9. The third-order valence-electron chi connectivity index (χ3n) is 6.86. The summed E-state index contributed by atoms with van der Waals surface area (Å²) in [5.74, 6) is -0.601. The predicted molar refractivity (Wildman–Crippen MR) is 116 cm³/mol. The summed E-state index contributed by atoms with van der Waals surface area (Å²) in [7, 11) is 1.79. The predicted octanol–water partition coefficient (Wildman–Crippen LogP) is 2.45. The first-order valence-corrected chi connectivity index (χ1v) is 10.9. The third kappa shape index (κ3) is 3.19. The van der Waals surface area contributed by atoms with Crippen LogP contribution in [-0.2, 0) is 20.9 Å². The van der Waals surface area contributed by atoms with Crippen molar-refractivity contribution in [3.05, 3.63) is 60.4 Å². The molecule has 2 aromatic rings. The van der Waals surface area contributed by atoms with Gasteiger partial charge >= 0.3 is 0 Å². The highest BCUT2D eigenvalue weighted by Gasteiger charge is 2.67. The van der Waals surface area contributed by atoms with Gasteiger partial charge in [-0.05, 0) is 29.7 Å². The maximum Gasteiger partial charge on any atom is 0.234 e. The first kappa shape index (κ1) is 20.0. The third-order valence-corrected chi connectivity index (χ3v) is 6.86. The lowest BCUT2D eigenvalue weighted by atomic mass is 9.76. The first-order valence-electron chi connectivity index (χ1n) is 10.9. The van der Waals surface area contributed by atoms with Crippen LogP contribution in [0.1, 0.15) is 25.3 Å². The zero-order valence-electron chi connectivity index (χ0n) is 18.1. The van der Waals surface area contributed by atoms with Crippen LogP contribution in [-0.4, -0.2) is 58.3 Å². The quantitative estimate of drug-likeness (QED) is 0.674. The summed E-state index contributed by atoms with van der Waals surface area (Å²) in [6.07, 6.45) is 7.22. The maximum absolute atomic E-state index is 13.5. The molecule has 1 spiro atoms. The van der Waals surface area contributed by atoms with E-state index in [1.807, 2.05) is 36.5 Å². The molecule has 2 amide bonds. The highest BCUT2D eigenvalue weighted by atomic mass is 16.5. The highest BCUT2D eigenvalue weighted by molar-refractivity contribution is 6.03. The zero-order chi connectivity index (χ0) is 21.8. The van der Waals surface area contributed by atoms with Crippen LogP contribution >= 0.6 is 0 Å². The molecule has 1 aromatic carbocycles. The van der Waals surface area contributed by atoms with Crippen LogP contribution in [0, 0.1) is 11.8 Å². The number of anilines is 1. The molecular weight excluding hydrogens is 392 g/mol. The van der Waals surface area contributed by atoms with Gasteiger partial charge in [-0.1, -0.05) is 38.1 Å². The summed E-state index contributed by atoms with van der Waals surface area (Å²) in [6.45, 7) is 5.89. The number of carbonyl (C=O) groups excluding carboxylic acids is 2. The second kappa shape index (κ2) is 7.34. The molecule has 7 heteroatoms. The normalized spacial score (nSPS) is 28.6. The monoisotopic (exact) mass is 420 g/mol. The number of benzene rings is 1. The van der Waals surface area contributed by atoms with Crippen LogP contribution in [0.15, 0.2) is 54.9 Å². The zero-order valence-corrected chi connectivity index (χ0v) is 18.1. The molecule has 0 saturated carbocycles. The number of hydrogen-bond acceptors (Lipinski definition) is 4. The van der Waals surface area contributed by atoms with Crippen molar-refractivity contribution in [2.24, 2.45) is 11.8 Å². The molecule has 0 radical (unpaired) electrons. The molecular formula is C24H28N4O3. The van der Waals surface area contributed by atoms with Crippen LogP contribution in [0.4, 0.5) is 5.69 Å². The van der Waals surface area contributed by atoms with Crippen molar-refractivity contribution in [2.45, 2.75) is 38.0 Å². The molecule has 0 N–H and O–H groups in total. The second-order valence-corrected chi connectivity index (χ2v) is 9.10. The van der Waals surface area contributed by atoms with Gasteiger partial charge in [-0.3, -0.25) is 14.3 Å². The Bertz CT molecular complexity index is 1010. The number of aromatic nitrogens is 2. The molecule has 4 atom stereocenters. The lowest BCUT2D eigenvalue weighted by molar-refractivity contribution is -0.139. The van der Waals surface area contributed by atoms with Gasteiger partial charge in [0.1, 0.15) is 5.60 Å². The SMILES string of the molecule is CC(C)c1ccc(N2C[C@]34C=C[C@H](O3)[C@H](C(=O)N(C)CCn3cccn3)[C@@H]4C2=O)cc1. The number of likely N-dealkylation sites (N-methyl/N-ethyl adjacent to an activating group) is 1. The molecule has 2 bridgehead atoms. The Kier molecular flexibility index (Phi) is 4.73. The smallest absolute Gasteiger partial charge is 0.234 e. The molecule has 7 nitrogen and oxygen atoms in total. The number of carbonyl (C=O) groups is 2. The van der Waals surface area contributed by atoms with Crippen LogP contribution in [0.2, 0.25) is 0 Å². The maximum atomic E-state index is 13.5. The van der Waals surface area contributed by atoms with E-state index in [0.717, 1.165) is 5.69 Å². The van der Waals surface area contributed by atoms with E-state index < -0.39 is 17.4 Å². The minimum atomic E-state index is -0.707. The molecule has 2 saturated heterocycles. The van der Waals surface area contributed by atoms with E-state index in [1.54, 1.807) is 27.7 Å². The fourth-order valence-electron chi connectivity index (χ4n) is 5.09. The van der Waals surface area contributed by atoms with Crippen LogP contribution in [0.25, 0.3) is 0 Å². The molecule has 5 rings (SSSR count). The Balaban J connectivity index is 1.35. The summed E-state index contributed by atoms with van der Waals surface area (Å²) in [4.78, 5) is 30.3. The van der Waals surface area contributed by atoms with Gasteiger partial charge < -0.3 is 14.5 Å². The number of rotatable bonds is 6. The van der Waals surface area contributed by atoms with Gasteiger partial charge in [0.25, 0.3) is 0 Å². The Morgan fingerprint density at radius 3 is 2.77 bits per heavy atom. The van der Waals surface area contributed by atoms with Gasteiger partial charge in [0.05, 0.1) is 31.0 Å². The Morgan fingerprint density at radius 2 is 2.10 bits per heavy atom. The largest absolute Gasteiger partial charge is 0.360 e. The average molecular weight is 421 g/mol. The fraction of sp³-hybridized carbons (Fsp3) is 0.458. The molecule has 1 aromatic heterocycles. The van der Waals surface area contributed by atoms with Crippen LogP contribution < -0.4 is 4.90 Å². The minimum absolute atomic E-state index is 0.0250. The van der Waals surface area contributed by atoms with E-state index in [0.29, 0.717) is 25.6 Å². The van der Waals surface area contributed by atoms with Gasteiger partial charge in [-0.25, -0.2) is 0 Å². The topological polar surface area (TPSA) is 67.7 Å². The molecule has 0 aliphatic carbocycles. The van der Waals surface area contributed by atoms with E-state index in [2.05, 4.69) is 31.1 Å². The lowest BCUT2D eigenvalue weighted by Crippen LogP contribution is -2.45. The number of amides is 2. The number of ether oxygens (including phenoxy) is 1. The Labute approximate surface area is 182 Å². The summed E-state index contributed by atoms with van der Waals surface area (Å²) in [6, 6.07) is 9.99. The van der Waals surface area contributed by atoms with E-state index in [9.17, 15) is 9.59 Å². The standard InChI is InChI=1S/C24H28N4O3/c1-16(2)17-5-7-18(8-6-17)28-15-24-10-9-19(31-24)20(21(24)23(28)30)22(29)26(3)13-14-27-12-4-11-25-27/h4-12,16,19-21H,13-15H2,1-3H3/t19-,20-,21+,24-/m0/s1. The number of fused-ring (bicyclic) bond motifs is 1. The van der Waals surface area contributed by atoms with Gasteiger partial charge in [-0.15, -0.1) is 0 Å². The van der Waals surface area contributed by atoms with Crippen molar-refractivity contribution in [3.63, 3.8) is 0 Å². The number of nitrogens with zero attached hydrogens (tertiary/aromatic N) is 4. The van der Waals surface area contributed by atoms with Crippen molar-refractivity contribution < 1.29 is 14.3 Å². The Hall–Kier alpha value is -2.93. The van der Waals surface area contributed by atoms with Crippen molar-refractivity contribution in [1.82, 2.24) is 14.7 Å². The van der Waals surface area contributed by atoms with Gasteiger partial charge in [-0.2, -0.15) is 5.10 Å². The second-order valence-electron chi connectivity index (χ2n) is 9.10. The van der Waals surface area contributed by atoms with E-state index >= 15 is 0 Å². The molecule has 0 unspecified atom stereocenters. The highest BCUT2D eigenvalue weighted by Crippen LogP contribution is 2.53. The number of hydrogen-bond donors (Lipinski definition) is 0. The van der Waals surface area contributed by atoms with Gasteiger partial charge in [0.15, 0.2) is 0 Å². The summed E-state index contributed by atoms with van der Waals surface area (Å²) in [5.41, 5.74) is 1.39. The van der Waals surface area contributed by atoms with Crippen molar-refractivity contribution in [1.29, 1.82) is 0 Å². The van der Waals surface area contributed by atoms with E-state index in [-0.39, 0.29) is 17.9 Å². The summed E-state index contributed by atoms with van der Waals surface area (Å²) < 4.78 is 8.06. The van der Waals surface area contributed by atoms with Crippen LogP contribution in [0.5, 0.6) is 0 Å². The Morgan fingerprint density at radius 1 is 1.32 bits per heavy atom. The molecule has 162 valence electrons. The molecule has 4 heterocycles. The van der Waals surface area contributed by atoms with Crippen LogP contribution in [0.3, 0.4) is 0 Å². The summed E-state index contributed by atoms with van der Waals surface area (Å²) >= 11 is 0. The average Bonchev–Trinajstić information content (AvgIpc) is 3.54. The lowest BCUT2D eigenvalue weighted by Gasteiger charge is -2.27. The summed E-state index contributed by atoms with van der Waals surface area (Å²) in [5, 5.41) is 4.19. The van der Waals surface area contributed by atoms with Gasteiger partial charge in [0, 0.05) is 31.7 Å². The fourth-order valence-corrected chi connectivity index (χ4v) is 5.09. The molecule has 3 aliphatic rings.